The maximum Gasteiger partial charge on any atom is 0.168 e. The fraction of sp³-hybridized carbons (Fsp3) is 0.440. The normalized spacial score (nSPS) is 27.5. The number of phenols is 2. The number of aromatic hydroxyl groups is 2. The zero-order valence-electron chi connectivity index (χ0n) is 18.0. The van der Waals surface area contributed by atoms with Gasteiger partial charge in [-0.15, -0.1) is 0 Å². The summed E-state index contributed by atoms with van der Waals surface area (Å²) in [4.78, 5) is 0. The number of hydrogen-bond acceptors (Lipinski definition) is 6. The molecular formula is C25H28O6. The first-order valence-electron chi connectivity index (χ1n) is 10.8. The van der Waals surface area contributed by atoms with E-state index in [9.17, 15) is 15.3 Å². The van der Waals surface area contributed by atoms with E-state index in [0.717, 1.165) is 17.5 Å². The van der Waals surface area contributed by atoms with Crippen LogP contribution in [0.4, 0.5) is 0 Å². The van der Waals surface area contributed by atoms with Gasteiger partial charge < -0.3 is 29.5 Å². The van der Waals surface area contributed by atoms with Gasteiger partial charge in [0.05, 0.1) is 18.6 Å². The molecule has 0 radical (unpaired) electrons. The fourth-order valence-corrected chi connectivity index (χ4v) is 4.89. The number of benzene rings is 2. The molecule has 2 aromatic rings. The number of allylic oxidation sites excluding steroid dienone is 2. The van der Waals surface area contributed by atoms with Gasteiger partial charge in [0.15, 0.2) is 11.5 Å². The van der Waals surface area contributed by atoms with Crippen molar-refractivity contribution < 1.29 is 29.5 Å². The Hall–Kier alpha value is -2.86. The Kier molecular flexibility index (Phi) is 4.59. The van der Waals surface area contributed by atoms with Gasteiger partial charge in [-0.2, -0.15) is 0 Å². The van der Waals surface area contributed by atoms with E-state index in [0.29, 0.717) is 42.3 Å². The van der Waals surface area contributed by atoms with Crippen LogP contribution in [0.3, 0.4) is 0 Å². The lowest BCUT2D eigenvalue weighted by Crippen LogP contribution is -2.49. The SMILES string of the molecule is CC(C)=CCC[C@]1(C)Oc2c(O)cc3c(c2C[C@@H]1O)O[C@H]1c2ccc(O)cc2OC[C@@H]31. The van der Waals surface area contributed by atoms with Crippen LogP contribution >= 0.6 is 0 Å². The van der Waals surface area contributed by atoms with Gasteiger partial charge in [-0.05, 0) is 51.8 Å². The minimum absolute atomic E-state index is 0.0647. The van der Waals surface area contributed by atoms with Gasteiger partial charge in [0.25, 0.3) is 0 Å². The molecule has 6 heteroatoms. The van der Waals surface area contributed by atoms with Gasteiger partial charge in [-0.1, -0.05) is 11.6 Å². The van der Waals surface area contributed by atoms with Crippen molar-refractivity contribution in [3.63, 3.8) is 0 Å². The summed E-state index contributed by atoms with van der Waals surface area (Å²) in [5.74, 6) is 1.80. The summed E-state index contributed by atoms with van der Waals surface area (Å²) in [6.07, 6.45) is 2.92. The molecule has 0 aromatic heterocycles. The third kappa shape index (κ3) is 3.21. The molecule has 0 saturated heterocycles. The van der Waals surface area contributed by atoms with Crippen molar-refractivity contribution in [3.05, 3.63) is 52.6 Å². The Morgan fingerprint density at radius 1 is 1.16 bits per heavy atom. The van der Waals surface area contributed by atoms with E-state index < -0.39 is 11.7 Å². The third-order valence-corrected chi connectivity index (χ3v) is 6.70. The van der Waals surface area contributed by atoms with Crippen LogP contribution in [0.5, 0.6) is 28.7 Å². The predicted octanol–water partition coefficient (Wildman–Crippen LogP) is 4.51. The molecule has 0 aliphatic carbocycles. The molecule has 2 aromatic carbocycles. The summed E-state index contributed by atoms with van der Waals surface area (Å²) in [6, 6.07) is 6.73. The number of aliphatic hydroxyl groups excluding tert-OH is 1. The molecule has 164 valence electrons. The standard InChI is InChI=1S/C25H28O6/c1-13(2)5-4-8-25(3)21(28)11-17-23-16(10-19(27)24(17)31-25)18-12-29-20-9-14(26)6-7-15(20)22(18)30-23/h5-7,9-10,18,21-22,26-28H,4,8,11-12H2,1-3H3/t18-,21-,22-,25-/m0/s1. The van der Waals surface area contributed by atoms with Crippen molar-refractivity contribution in [2.24, 2.45) is 0 Å². The summed E-state index contributed by atoms with van der Waals surface area (Å²) >= 11 is 0. The first-order chi connectivity index (χ1) is 14.8. The zero-order chi connectivity index (χ0) is 21.9. The van der Waals surface area contributed by atoms with Gasteiger partial charge in [-0.3, -0.25) is 0 Å². The van der Waals surface area contributed by atoms with E-state index >= 15 is 0 Å². The molecule has 4 atom stereocenters. The minimum atomic E-state index is -0.788. The van der Waals surface area contributed by atoms with E-state index in [4.69, 9.17) is 14.2 Å². The van der Waals surface area contributed by atoms with Crippen molar-refractivity contribution in [2.75, 3.05) is 6.61 Å². The van der Waals surface area contributed by atoms with Crippen molar-refractivity contribution in [1.29, 1.82) is 0 Å². The van der Waals surface area contributed by atoms with Crippen LogP contribution in [0.1, 0.15) is 62.3 Å². The number of phenolic OH excluding ortho intramolecular Hbond substituents is 2. The number of hydrogen-bond donors (Lipinski definition) is 3. The summed E-state index contributed by atoms with van der Waals surface area (Å²) in [5.41, 5.74) is 2.87. The Bertz CT molecular complexity index is 1070. The molecule has 0 amide bonds. The van der Waals surface area contributed by atoms with Crippen molar-refractivity contribution in [2.45, 2.75) is 63.8 Å². The second-order valence-electron chi connectivity index (χ2n) is 9.25. The summed E-state index contributed by atoms with van der Waals surface area (Å²) in [5, 5.41) is 31.6. The van der Waals surface area contributed by atoms with Crippen LogP contribution in [0.15, 0.2) is 35.9 Å². The maximum absolute atomic E-state index is 11.0. The van der Waals surface area contributed by atoms with Gasteiger partial charge in [0.2, 0.25) is 0 Å². The second-order valence-corrected chi connectivity index (χ2v) is 9.25. The largest absolute Gasteiger partial charge is 0.508 e. The van der Waals surface area contributed by atoms with E-state index in [-0.39, 0.29) is 23.5 Å². The van der Waals surface area contributed by atoms with Crippen molar-refractivity contribution in [3.8, 4) is 28.7 Å². The smallest absolute Gasteiger partial charge is 0.168 e. The predicted molar refractivity (Wildman–Crippen MR) is 115 cm³/mol. The first kappa shape index (κ1) is 20.1. The zero-order valence-corrected chi connectivity index (χ0v) is 18.0. The minimum Gasteiger partial charge on any atom is -0.508 e. The molecule has 0 unspecified atom stereocenters. The molecule has 0 saturated carbocycles. The summed E-state index contributed by atoms with van der Waals surface area (Å²) in [6.45, 7) is 6.37. The maximum atomic E-state index is 11.0. The van der Waals surface area contributed by atoms with Gasteiger partial charge >= 0.3 is 0 Å². The van der Waals surface area contributed by atoms with E-state index in [2.05, 4.69) is 6.08 Å². The number of fused-ring (bicyclic) bond motifs is 7. The Labute approximate surface area is 181 Å². The molecule has 31 heavy (non-hydrogen) atoms. The molecule has 0 bridgehead atoms. The van der Waals surface area contributed by atoms with Crippen LogP contribution in [0.2, 0.25) is 0 Å². The van der Waals surface area contributed by atoms with Crippen LogP contribution in [0, 0.1) is 0 Å². The van der Waals surface area contributed by atoms with Crippen LogP contribution < -0.4 is 14.2 Å². The van der Waals surface area contributed by atoms with Crippen LogP contribution in [0.25, 0.3) is 0 Å². The lowest BCUT2D eigenvalue weighted by Gasteiger charge is -2.40. The molecule has 3 heterocycles. The molecule has 3 aliphatic rings. The van der Waals surface area contributed by atoms with Crippen LogP contribution in [-0.4, -0.2) is 33.6 Å². The summed E-state index contributed by atoms with van der Waals surface area (Å²) < 4.78 is 18.5. The molecule has 3 aliphatic heterocycles. The first-order valence-corrected chi connectivity index (χ1v) is 10.8. The molecule has 3 N–H and O–H groups in total. The Morgan fingerprint density at radius 2 is 1.97 bits per heavy atom. The van der Waals surface area contributed by atoms with Gasteiger partial charge in [0.1, 0.15) is 29.0 Å². The second kappa shape index (κ2) is 7.09. The molecule has 0 fully saturated rings. The average Bonchev–Trinajstić information content (AvgIpc) is 3.08. The lowest BCUT2D eigenvalue weighted by atomic mass is 9.83. The molecule has 5 rings (SSSR count). The van der Waals surface area contributed by atoms with Gasteiger partial charge in [-0.25, -0.2) is 0 Å². The summed E-state index contributed by atoms with van der Waals surface area (Å²) in [7, 11) is 0. The van der Waals surface area contributed by atoms with Gasteiger partial charge in [0, 0.05) is 29.2 Å². The van der Waals surface area contributed by atoms with Crippen molar-refractivity contribution >= 4 is 0 Å². The Balaban J connectivity index is 1.50. The number of rotatable bonds is 3. The highest BCUT2D eigenvalue weighted by molar-refractivity contribution is 5.63. The monoisotopic (exact) mass is 424 g/mol. The lowest BCUT2D eigenvalue weighted by molar-refractivity contribution is -0.0606. The molecule has 6 nitrogen and oxygen atoms in total. The van der Waals surface area contributed by atoms with E-state index in [1.165, 1.54) is 5.57 Å². The third-order valence-electron chi connectivity index (χ3n) is 6.70. The highest BCUT2D eigenvalue weighted by Crippen LogP contribution is 2.57. The molecular weight excluding hydrogens is 396 g/mol. The van der Waals surface area contributed by atoms with Crippen LogP contribution in [-0.2, 0) is 6.42 Å². The highest BCUT2D eigenvalue weighted by atomic mass is 16.5. The average molecular weight is 424 g/mol. The topological polar surface area (TPSA) is 88.4 Å². The van der Waals surface area contributed by atoms with E-state index in [1.807, 2.05) is 26.8 Å². The number of ether oxygens (including phenoxy) is 3. The van der Waals surface area contributed by atoms with E-state index in [1.54, 1.807) is 18.2 Å². The number of aliphatic hydroxyl groups is 1. The fourth-order valence-electron chi connectivity index (χ4n) is 4.89. The molecule has 0 spiro atoms. The highest BCUT2D eigenvalue weighted by Gasteiger charge is 2.47. The Morgan fingerprint density at radius 3 is 2.74 bits per heavy atom. The van der Waals surface area contributed by atoms with Crippen molar-refractivity contribution in [1.82, 2.24) is 0 Å². The quantitative estimate of drug-likeness (QED) is 0.629.